The monoisotopic (exact) mass is 434 g/mol. The molecule has 3 nitrogen and oxygen atoms in total. The highest BCUT2D eigenvalue weighted by molar-refractivity contribution is 6.87. The van der Waals surface area contributed by atoms with E-state index in [-0.39, 0.29) is 11.0 Å². The molecule has 1 aromatic rings. The molecule has 0 amide bonds. The Morgan fingerprint density at radius 2 is 1.62 bits per heavy atom. The molecule has 1 N–H and O–H groups in total. The molecule has 1 aromatic carbocycles. The van der Waals surface area contributed by atoms with Gasteiger partial charge in [0.2, 0.25) is 0 Å². The summed E-state index contributed by atoms with van der Waals surface area (Å²) in [6.07, 6.45) is 2.99. The van der Waals surface area contributed by atoms with Crippen LogP contribution in [0.15, 0.2) is 41.6 Å². The Balaban J connectivity index is 3.17. The van der Waals surface area contributed by atoms with Crippen LogP contribution in [-0.2, 0) is 16.1 Å². The minimum Gasteiger partial charge on any atom is -0.481 e. The minimum atomic E-state index is -1.98. The molecule has 0 heterocycles. The molecule has 0 aliphatic heterocycles. The van der Waals surface area contributed by atoms with Crippen LogP contribution in [0.1, 0.15) is 47.1 Å². The molecular weight excluding hydrogens is 392 g/mol. The third kappa shape index (κ3) is 5.71. The summed E-state index contributed by atoms with van der Waals surface area (Å²) in [5.74, 6) is -0.692. The zero-order chi connectivity index (χ0) is 22.7. The van der Waals surface area contributed by atoms with Gasteiger partial charge < -0.3 is 9.84 Å². The highest BCUT2D eigenvalue weighted by Gasteiger charge is 2.50. The smallest absolute Gasteiger partial charge is 0.307 e. The Kier molecular flexibility index (Phi) is 8.31. The molecule has 29 heavy (non-hydrogen) atoms. The fourth-order valence-electron chi connectivity index (χ4n) is 3.79. The van der Waals surface area contributed by atoms with Crippen molar-refractivity contribution in [1.29, 1.82) is 0 Å². The van der Waals surface area contributed by atoms with Crippen LogP contribution in [0.5, 0.6) is 0 Å². The second kappa shape index (κ2) is 9.31. The van der Waals surface area contributed by atoms with E-state index >= 15 is 0 Å². The third-order valence-electron chi connectivity index (χ3n) is 7.44. The van der Waals surface area contributed by atoms with E-state index in [4.69, 9.17) is 4.74 Å². The lowest BCUT2D eigenvalue weighted by Crippen LogP contribution is -2.49. The number of hydrogen-bond acceptors (Lipinski definition) is 2. The molecule has 0 fully saturated rings. The second-order valence-electron chi connectivity index (χ2n) is 11.0. The van der Waals surface area contributed by atoms with Gasteiger partial charge in [-0.05, 0) is 23.4 Å². The summed E-state index contributed by atoms with van der Waals surface area (Å²) >= 11 is 0. The van der Waals surface area contributed by atoms with E-state index in [2.05, 4.69) is 79.0 Å². The topological polar surface area (TPSA) is 46.5 Å². The van der Waals surface area contributed by atoms with Crippen molar-refractivity contribution in [3.8, 4) is 0 Å². The fourth-order valence-corrected chi connectivity index (χ4v) is 8.86. The lowest BCUT2D eigenvalue weighted by molar-refractivity contribution is -0.141. The maximum Gasteiger partial charge on any atom is 0.307 e. The zero-order valence-electron chi connectivity index (χ0n) is 20.2. The van der Waals surface area contributed by atoms with Crippen molar-refractivity contribution in [2.24, 2.45) is 5.92 Å². The molecule has 0 aromatic heterocycles. The minimum absolute atomic E-state index is 0.0186. The van der Waals surface area contributed by atoms with Crippen LogP contribution in [0.3, 0.4) is 0 Å². The zero-order valence-corrected chi connectivity index (χ0v) is 22.2. The van der Waals surface area contributed by atoms with E-state index in [9.17, 15) is 9.90 Å². The first kappa shape index (κ1) is 25.9. The van der Waals surface area contributed by atoms with Crippen LogP contribution in [-0.4, -0.2) is 33.5 Å². The van der Waals surface area contributed by atoms with Crippen LogP contribution in [0.4, 0.5) is 0 Å². The number of hydrogen-bond donors (Lipinski definition) is 1. The molecule has 3 atom stereocenters. The van der Waals surface area contributed by atoms with E-state index in [1.807, 2.05) is 25.1 Å². The standard InChI is InChI=1S/C24H42O3Si2/c1-19(24(6,22(25)26)28(7,8)9)16-20(2)29(10,23(3,4)5)18-27-17-21-14-12-11-13-15-21/h11-16,19H,17-18H2,1-10H3,(H,25,26)/b20-16+/t19-,24-,29+/m1/s1. The van der Waals surface area contributed by atoms with Gasteiger partial charge in [0, 0.05) is 6.23 Å². The van der Waals surface area contributed by atoms with Crippen molar-refractivity contribution in [2.45, 2.75) is 84.4 Å². The SMILES string of the molecule is C/C(=C\[C@@H](C)[C@](C)(C(=O)O)[Si](C)(C)C)[Si@](C)(COCc1ccccc1)C(C)(C)C. The van der Waals surface area contributed by atoms with Gasteiger partial charge in [0.25, 0.3) is 0 Å². The Hall–Kier alpha value is -1.18. The second-order valence-corrected chi connectivity index (χ2v) is 21.7. The van der Waals surface area contributed by atoms with Crippen molar-refractivity contribution in [3.05, 3.63) is 47.2 Å². The van der Waals surface area contributed by atoms with Gasteiger partial charge in [-0.2, -0.15) is 0 Å². The van der Waals surface area contributed by atoms with Crippen molar-refractivity contribution < 1.29 is 14.6 Å². The first-order valence-electron chi connectivity index (χ1n) is 10.6. The van der Waals surface area contributed by atoms with Gasteiger partial charge in [-0.15, -0.1) is 0 Å². The Bertz CT molecular complexity index is 716. The number of benzene rings is 1. The molecule has 164 valence electrons. The number of rotatable bonds is 9. The predicted molar refractivity (Wildman–Crippen MR) is 130 cm³/mol. The number of carboxylic acid groups (broad SMARTS) is 1. The quantitative estimate of drug-likeness (QED) is 0.429. The summed E-state index contributed by atoms with van der Waals surface area (Å²) in [5, 5.41) is 10.8. The average Bonchev–Trinajstić information content (AvgIpc) is 2.59. The average molecular weight is 435 g/mol. The Labute approximate surface area is 180 Å². The fraction of sp³-hybridized carbons (Fsp3) is 0.625. The lowest BCUT2D eigenvalue weighted by Gasteiger charge is -2.44. The van der Waals surface area contributed by atoms with E-state index in [0.29, 0.717) is 6.61 Å². The van der Waals surface area contributed by atoms with Crippen LogP contribution < -0.4 is 0 Å². The third-order valence-corrected chi connectivity index (χ3v) is 17.2. The van der Waals surface area contributed by atoms with E-state index < -0.39 is 27.2 Å². The molecule has 0 bridgehead atoms. The first-order chi connectivity index (χ1) is 13.1. The summed E-state index contributed by atoms with van der Waals surface area (Å²) in [6.45, 7) is 22.6. The van der Waals surface area contributed by atoms with Gasteiger partial charge in [0.15, 0.2) is 0 Å². The van der Waals surface area contributed by atoms with E-state index in [1.54, 1.807) is 0 Å². The van der Waals surface area contributed by atoms with Crippen molar-refractivity contribution >= 4 is 22.1 Å². The summed E-state index contributed by atoms with van der Waals surface area (Å²) in [7, 11) is -3.92. The molecule has 0 unspecified atom stereocenters. The Morgan fingerprint density at radius 3 is 2.03 bits per heavy atom. The lowest BCUT2D eigenvalue weighted by atomic mass is 9.94. The molecule has 5 heteroatoms. The number of aliphatic carboxylic acids is 1. The molecule has 1 rings (SSSR count). The molecule has 0 aliphatic rings. The van der Waals surface area contributed by atoms with Crippen LogP contribution in [0.25, 0.3) is 0 Å². The summed E-state index contributed by atoms with van der Waals surface area (Å²) in [4.78, 5) is 12.3. The van der Waals surface area contributed by atoms with Crippen LogP contribution in [0, 0.1) is 5.92 Å². The number of allylic oxidation sites excluding steroid dienone is 2. The first-order valence-corrected chi connectivity index (χ1v) is 16.8. The molecule has 0 radical (unpaired) electrons. The Morgan fingerprint density at radius 1 is 1.10 bits per heavy atom. The maximum atomic E-state index is 12.3. The molecule has 0 saturated heterocycles. The molecular formula is C24H42O3Si2. The normalized spacial score (nSPS) is 18.6. The van der Waals surface area contributed by atoms with Crippen LogP contribution >= 0.6 is 0 Å². The largest absolute Gasteiger partial charge is 0.481 e. The van der Waals surface area contributed by atoms with Gasteiger partial charge >= 0.3 is 5.97 Å². The van der Waals surface area contributed by atoms with E-state index in [1.165, 1.54) is 10.8 Å². The number of ether oxygens (including phenoxy) is 1. The number of carbonyl (C=O) groups is 1. The van der Waals surface area contributed by atoms with Gasteiger partial charge in [0.05, 0.1) is 19.7 Å². The predicted octanol–water partition coefficient (Wildman–Crippen LogP) is 6.93. The summed E-state index contributed by atoms with van der Waals surface area (Å²) in [6, 6.07) is 10.3. The van der Waals surface area contributed by atoms with Gasteiger partial charge in [0.1, 0.15) is 8.07 Å². The van der Waals surface area contributed by atoms with Gasteiger partial charge in [-0.1, -0.05) is 102 Å². The summed E-state index contributed by atoms with van der Waals surface area (Å²) in [5.41, 5.74) is 1.19. The van der Waals surface area contributed by atoms with Crippen molar-refractivity contribution in [2.75, 3.05) is 6.23 Å². The van der Waals surface area contributed by atoms with Gasteiger partial charge in [-0.3, -0.25) is 4.79 Å². The molecule has 0 aliphatic carbocycles. The number of carboxylic acids is 1. The van der Waals surface area contributed by atoms with Crippen molar-refractivity contribution in [3.63, 3.8) is 0 Å². The van der Waals surface area contributed by atoms with Gasteiger partial charge in [-0.25, -0.2) is 0 Å². The molecule has 0 saturated carbocycles. The van der Waals surface area contributed by atoms with Crippen molar-refractivity contribution in [1.82, 2.24) is 0 Å². The highest BCUT2D eigenvalue weighted by atomic mass is 28.3. The highest BCUT2D eigenvalue weighted by Crippen LogP contribution is 2.48. The van der Waals surface area contributed by atoms with Crippen LogP contribution in [0.2, 0.25) is 36.3 Å². The van der Waals surface area contributed by atoms with E-state index in [0.717, 1.165) is 6.23 Å². The maximum absolute atomic E-state index is 12.3. The molecule has 0 spiro atoms. The summed E-state index contributed by atoms with van der Waals surface area (Å²) < 4.78 is 6.23.